The Morgan fingerprint density at radius 1 is 1.15 bits per heavy atom. The standard InChI is InChI=1S/C19H22N2O3S3/c1-4-14-12-25-19(20-14)17-10-11-18(26-17)27(22,23)21-16(5-2)13-6-8-15(24-3)9-7-13/h6-12,16,21H,4-5H2,1-3H3. The van der Waals surface area contributed by atoms with Gasteiger partial charge < -0.3 is 4.74 Å². The first-order chi connectivity index (χ1) is 13.0. The molecule has 3 rings (SSSR count). The molecule has 0 amide bonds. The van der Waals surface area contributed by atoms with Crippen LogP contribution < -0.4 is 9.46 Å². The number of benzene rings is 1. The third-order valence-electron chi connectivity index (χ3n) is 4.19. The fraction of sp³-hybridized carbons (Fsp3) is 0.316. The summed E-state index contributed by atoms with van der Waals surface area (Å²) in [5.74, 6) is 0.745. The summed E-state index contributed by atoms with van der Waals surface area (Å²) in [6.45, 7) is 4.01. The number of methoxy groups -OCH3 is 1. The average molecular weight is 423 g/mol. The minimum absolute atomic E-state index is 0.294. The molecule has 0 bridgehead atoms. The third-order valence-corrected chi connectivity index (χ3v) is 8.30. The molecule has 0 aliphatic carbocycles. The molecular formula is C19H22N2O3S3. The van der Waals surface area contributed by atoms with Crippen LogP contribution in [0.1, 0.15) is 37.6 Å². The highest BCUT2D eigenvalue weighted by Crippen LogP contribution is 2.33. The molecule has 0 radical (unpaired) electrons. The molecule has 0 saturated carbocycles. The second-order valence-corrected chi connectivity index (χ2v) is 9.85. The summed E-state index contributed by atoms with van der Waals surface area (Å²) < 4.78 is 34.0. The predicted molar refractivity (Wildman–Crippen MR) is 111 cm³/mol. The summed E-state index contributed by atoms with van der Waals surface area (Å²) in [7, 11) is -2.00. The van der Waals surface area contributed by atoms with Crippen molar-refractivity contribution in [3.05, 3.63) is 53.0 Å². The van der Waals surface area contributed by atoms with Crippen molar-refractivity contribution >= 4 is 32.7 Å². The highest BCUT2D eigenvalue weighted by Gasteiger charge is 2.23. The molecule has 1 aromatic carbocycles. The van der Waals surface area contributed by atoms with E-state index in [4.69, 9.17) is 4.74 Å². The highest BCUT2D eigenvalue weighted by atomic mass is 32.2. The van der Waals surface area contributed by atoms with Crippen LogP contribution in [0.4, 0.5) is 0 Å². The van der Waals surface area contributed by atoms with E-state index in [0.29, 0.717) is 10.6 Å². The molecule has 2 aromatic heterocycles. The van der Waals surface area contributed by atoms with Crippen LogP contribution in [0.2, 0.25) is 0 Å². The molecular weight excluding hydrogens is 400 g/mol. The molecule has 0 saturated heterocycles. The molecule has 5 nitrogen and oxygen atoms in total. The van der Waals surface area contributed by atoms with E-state index < -0.39 is 10.0 Å². The Kier molecular flexibility index (Phi) is 6.31. The van der Waals surface area contributed by atoms with Gasteiger partial charge in [0.25, 0.3) is 10.0 Å². The zero-order chi connectivity index (χ0) is 19.4. The van der Waals surface area contributed by atoms with Crippen molar-refractivity contribution in [1.29, 1.82) is 0 Å². The Labute approximate surface area is 168 Å². The van der Waals surface area contributed by atoms with E-state index in [1.165, 1.54) is 11.3 Å². The van der Waals surface area contributed by atoms with Crippen molar-refractivity contribution in [2.45, 2.75) is 36.9 Å². The average Bonchev–Trinajstić information content (AvgIpc) is 3.35. The van der Waals surface area contributed by atoms with Gasteiger partial charge in [0.1, 0.15) is 15.0 Å². The van der Waals surface area contributed by atoms with E-state index in [1.807, 2.05) is 42.6 Å². The lowest BCUT2D eigenvalue weighted by molar-refractivity contribution is 0.414. The first-order valence-corrected chi connectivity index (χ1v) is 11.9. The number of thiophene rings is 1. The Balaban J connectivity index is 1.80. The minimum Gasteiger partial charge on any atom is -0.497 e. The molecule has 1 unspecified atom stereocenters. The van der Waals surface area contributed by atoms with Crippen LogP contribution in [-0.4, -0.2) is 20.5 Å². The maximum Gasteiger partial charge on any atom is 0.250 e. The van der Waals surface area contributed by atoms with Gasteiger partial charge in [-0.05, 0) is 42.7 Å². The number of ether oxygens (including phenoxy) is 1. The van der Waals surface area contributed by atoms with Gasteiger partial charge in [-0.2, -0.15) is 0 Å². The normalized spacial score (nSPS) is 12.9. The maximum atomic E-state index is 12.9. The lowest BCUT2D eigenvalue weighted by Crippen LogP contribution is -2.27. The van der Waals surface area contributed by atoms with Crippen LogP contribution >= 0.6 is 22.7 Å². The lowest BCUT2D eigenvalue weighted by Gasteiger charge is -2.17. The van der Waals surface area contributed by atoms with Crippen molar-refractivity contribution in [3.63, 3.8) is 0 Å². The van der Waals surface area contributed by atoms with Crippen molar-refractivity contribution in [2.24, 2.45) is 0 Å². The summed E-state index contributed by atoms with van der Waals surface area (Å²) in [6.07, 6.45) is 1.52. The summed E-state index contributed by atoms with van der Waals surface area (Å²) in [5.41, 5.74) is 1.93. The van der Waals surface area contributed by atoms with E-state index in [-0.39, 0.29) is 6.04 Å². The van der Waals surface area contributed by atoms with E-state index in [2.05, 4.69) is 16.6 Å². The second-order valence-electron chi connectivity index (χ2n) is 5.97. The van der Waals surface area contributed by atoms with Crippen molar-refractivity contribution in [2.75, 3.05) is 7.11 Å². The largest absolute Gasteiger partial charge is 0.497 e. The first-order valence-electron chi connectivity index (χ1n) is 8.67. The van der Waals surface area contributed by atoms with Crippen molar-refractivity contribution in [1.82, 2.24) is 9.71 Å². The molecule has 0 fully saturated rings. The van der Waals surface area contributed by atoms with Crippen LogP contribution in [0.5, 0.6) is 5.75 Å². The highest BCUT2D eigenvalue weighted by molar-refractivity contribution is 7.91. The Morgan fingerprint density at radius 3 is 2.48 bits per heavy atom. The maximum absolute atomic E-state index is 12.9. The van der Waals surface area contributed by atoms with E-state index in [9.17, 15) is 8.42 Å². The molecule has 0 spiro atoms. The van der Waals surface area contributed by atoms with Crippen LogP contribution in [0.25, 0.3) is 9.88 Å². The van der Waals surface area contributed by atoms with Gasteiger partial charge in [0, 0.05) is 11.4 Å². The van der Waals surface area contributed by atoms with Crippen molar-refractivity contribution in [3.8, 4) is 15.6 Å². The first kappa shape index (κ1) is 20.0. The zero-order valence-corrected chi connectivity index (χ0v) is 17.9. The van der Waals surface area contributed by atoms with Gasteiger partial charge in [-0.15, -0.1) is 22.7 Å². The number of aromatic nitrogens is 1. The molecule has 144 valence electrons. The molecule has 0 aliphatic rings. The monoisotopic (exact) mass is 422 g/mol. The van der Waals surface area contributed by atoms with Gasteiger partial charge >= 0.3 is 0 Å². The molecule has 2 heterocycles. The zero-order valence-electron chi connectivity index (χ0n) is 15.4. The number of aryl methyl sites for hydroxylation is 1. The lowest BCUT2D eigenvalue weighted by atomic mass is 10.1. The SMILES string of the molecule is CCc1csc(-c2ccc(S(=O)(=O)NC(CC)c3ccc(OC)cc3)s2)n1. The quantitative estimate of drug-likeness (QED) is 0.562. The van der Waals surface area contributed by atoms with Crippen LogP contribution in [0, 0.1) is 0 Å². The number of sulfonamides is 1. The van der Waals surface area contributed by atoms with Gasteiger partial charge in [0.05, 0.1) is 17.7 Å². The van der Waals surface area contributed by atoms with Gasteiger partial charge in [-0.25, -0.2) is 18.1 Å². The molecule has 3 aromatic rings. The summed E-state index contributed by atoms with van der Waals surface area (Å²) in [6, 6.07) is 10.6. The number of nitrogens with one attached hydrogen (secondary N) is 1. The third kappa shape index (κ3) is 4.57. The van der Waals surface area contributed by atoms with Crippen molar-refractivity contribution < 1.29 is 13.2 Å². The van der Waals surface area contributed by atoms with Gasteiger partial charge in [0.15, 0.2) is 0 Å². The Morgan fingerprint density at radius 2 is 1.89 bits per heavy atom. The second kappa shape index (κ2) is 8.52. The fourth-order valence-corrected chi connectivity index (χ4v) is 6.24. The minimum atomic E-state index is -3.61. The molecule has 1 N–H and O–H groups in total. The molecule has 0 aliphatic heterocycles. The van der Waals surface area contributed by atoms with Gasteiger partial charge in [0.2, 0.25) is 0 Å². The van der Waals surface area contributed by atoms with E-state index in [1.54, 1.807) is 24.5 Å². The topological polar surface area (TPSA) is 68.3 Å². The summed E-state index contributed by atoms with van der Waals surface area (Å²) in [4.78, 5) is 5.41. The summed E-state index contributed by atoms with van der Waals surface area (Å²) >= 11 is 2.79. The molecule has 8 heteroatoms. The number of thiazole rings is 1. The Bertz CT molecular complexity index is 991. The number of hydrogen-bond donors (Lipinski definition) is 1. The van der Waals surface area contributed by atoms with Gasteiger partial charge in [-0.1, -0.05) is 26.0 Å². The molecule has 1 atom stereocenters. The molecule has 27 heavy (non-hydrogen) atoms. The van der Waals surface area contributed by atoms with Gasteiger partial charge in [-0.3, -0.25) is 0 Å². The predicted octanol–water partition coefficient (Wildman–Crippen LogP) is 4.87. The van der Waals surface area contributed by atoms with Crippen LogP contribution in [0.15, 0.2) is 46.0 Å². The smallest absolute Gasteiger partial charge is 0.250 e. The summed E-state index contributed by atoms with van der Waals surface area (Å²) in [5, 5.41) is 2.87. The number of hydrogen-bond acceptors (Lipinski definition) is 6. The van der Waals surface area contributed by atoms with Crippen LogP contribution in [0.3, 0.4) is 0 Å². The number of rotatable bonds is 8. The van der Waals surface area contributed by atoms with E-state index >= 15 is 0 Å². The Hall–Kier alpha value is -1.74. The van der Waals surface area contributed by atoms with E-state index in [0.717, 1.165) is 33.3 Å². The fourth-order valence-electron chi connectivity index (χ4n) is 2.63. The number of nitrogens with zero attached hydrogens (tertiary/aromatic N) is 1. The van der Waals surface area contributed by atoms with Crippen LogP contribution in [-0.2, 0) is 16.4 Å².